The second-order valence-electron chi connectivity index (χ2n) is 7.94. The fourth-order valence-corrected chi connectivity index (χ4v) is 6.06. The van der Waals surface area contributed by atoms with E-state index in [0.29, 0.717) is 35.3 Å². The molecule has 2 heterocycles. The molecule has 35 heavy (non-hydrogen) atoms. The Labute approximate surface area is 212 Å². The van der Waals surface area contributed by atoms with Crippen LogP contribution in [-0.4, -0.2) is 46.1 Å². The predicted octanol–water partition coefficient (Wildman–Crippen LogP) is 4.52. The average molecular weight is 513 g/mol. The largest absolute Gasteiger partial charge is 0.497 e. The van der Waals surface area contributed by atoms with Crippen molar-refractivity contribution in [1.82, 2.24) is 14.8 Å². The van der Waals surface area contributed by atoms with Crippen LogP contribution < -0.4 is 10.1 Å². The average Bonchev–Trinajstić information content (AvgIpc) is 3.54. The Kier molecular flexibility index (Phi) is 8.25. The van der Waals surface area contributed by atoms with Crippen molar-refractivity contribution in [2.45, 2.75) is 44.3 Å². The molecular weight excluding hydrogens is 484 g/mol. The van der Waals surface area contributed by atoms with Crippen molar-refractivity contribution in [2.75, 3.05) is 24.8 Å². The van der Waals surface area contributed by atoms with Gasteiger partial charge in [-0.1, -0.05) is 30.0 Å². The molecule has 1 aliphatic carbocycles. The lowest BCUT2D eigenvalue weighted by molar-refractivity contribution is -0.113. The van der Waals surface area contributed by atoms with Gasteiger partial charge < -0.3 is 19.4 Å². The minimum absolute atomic E-state index is 0.142. The number of amides is 1. The lowest BCUT2D eigenvalue weighted by atomic mass is 10.1. The van der Waals surface area contributed by atoms with E-state index in [1.54, 1.807) is 20.1 Å². The van der Waals surface area contributed by atoms with Crippen molar-refractivity contribution >= 4 is 40.0 Å². The molecule has 3 aromatic rings. The summed E-state index contributed by atoms with van der Waals surface area (Å²) >= 11 is 2.78. The molecule has 0 aliphatic heterocycles. The van der Waals surface area contributed by atoms with E-state index >= 15 is 0 Å². The number of nitrogens with one attached hydrogen (secondary N) is 1. The summed E-state index contributed by atoms with van der Waals surface area (Å²) in [6, 6.07) is 7.81. The van der Waals surface area contributed by atoms with Gasteiger partial charge in [0.2, 0.25) is 5.91 Å². The van der Waals surface area contributed by atoms with Crippen LogP contribution in [0.2, 0.25) is 0 Å². The van der Waals surface area contributed by atoms with Crippen LogP contribution in [-0.2, 0) is 35.3 Å². The number of aryl methyl sites for hydroxylation is 1. The number of esters is 1. The molecule has 4 rings (SSSR count). The molecule has 8 nitrogen and oxygen atoms in total. The number of fused-ring (bicyclic) bond motifs is 1. The van der Waals surface area contributed by atoms with Crippen LogP contribution in [0.4, 0.5) is 5.00 Å². The van der Waals surface area contributed by atoms with E-state index in [1.807, 2.05) is 28.8 Å². The SMILES string of the molecule is C=CCn1c(Cc2ccc(OC)cc2)nnc1SCC(=O)Nc1sc2c(c1C(=O)OCC)CCC2. The molecule has 10 heteroatoms. The summed E-state index contributed by atoms with van der Waals surface area (Å²) in [5, 5.41) is 12.8. The Hall–Kier alpha value is -3.11. The number of thioether (sulfide) groups is 1. The third-order valence-corrected chi connectivity index (χ3v) is 7.79. The second-order valence-corrected chi connectivity index (χ2v) is 9.99. The molecule has 0 unspecified atom stereocenters. The standard InChI is InChI=1S/C25H28N4O4S2/c1-4-13-29-20(14-16-9-11-17(32-3)12-10-16)27-28-25(29)34-15-21(30)26-23-22(24(31)33-5-2)18-7-6-8-19(18)35-23/h4,9-12H,1,5-8,13-15H2,2-3H3,(H,26,30). The number of benzene rings is 1. The van der Waals surface area contributed by atoms with E-state index in [9.17, 15) is 9.59 Å². The zero-order valence-electron chi connectivity index (χ0n) is 19.8. The second kappa shape index (κ2) is 11.5. The monoisotopic (exact) mass is 512 g/mol. The summed E-state index contributed by atoms with van der Waals surface area (Å²) in [4.78, 5) is 26.5. The highest BCUT2D eigenvalue weighted by atomic mass is 32.2. The van der Waals surface area contributed by atoms with E-state index in [2.05, 4.69) is 22.1 Å². The molecule has 184 valence electrons. The highest BCUT2D eigenvalue weighted by Gasteiger charge is 2.28. The molecule has 2 aromatic heterocycles. The van der Waals surface area contributed by atoms with Crippen molar-refractivity contribution in [3.8, 4) is 5.75 Å². The molecule has 0 atom stereocenters. The number of ether oxygens (including phenoxy) is 2. The summed E-state index contributed by atoms with van der Waals surface area (Å²) in [5.74, 6) is 1.15. The molecule has 1 aromatic carbocycles. The molecule has 0 bridgehead atoms. The number of rotatable bonds is 11. The molecule has 0 radical (unpaired) electrons. The van der Waals surface area contributed by atoms with Crippen LogP contribution in [0.15, 0.2) is 42.1 Å². The maximum Gasteiger partial charge on any atom is 0.341 e. The zero-order valence-corrected chi connectivity index (χ0v) is 21.5. The van der Waals surface area contributed by atoms with Gasteiger partial charge in [0.15, 0.2) is 5.16 Å². The Balaban J connectivity index is 1.44. The van der Waals surface area contributed by atoms with E-state index in [0.717, 1.165) is 46.8 Å². The van der Waals surface area contributed by atoms with Gasteiger partial charge in [0.25, 0.3) is 0 Å². The van der Waals surface area contributed by atoms with Crippen LogP contribution in [0.25, 0.3) is 0 Å². The lowest BCUT2D eigenvalue weighted by Gasteiger charge is -2.09. The number of allylic oxidation sites excluding steroid dienone is 1. The highest BCUT2D eigenvalue weighted by Crippen LogP contribution is 2.39. The first kappa shape index (κ1) is 25.0. The van der Waals surface area contributed by atoms with Crippen LogP contribution in [0.3, 0.4) is 0 Å². The molecule has 0 saturated carbocycles. The summed E-state index contributed by atoms with van der Waals surface area (Å²) in [6.45, 7) is 6.45. The van der Waals surface area contributed by atoms with E-state index < -0.39 is 0 Å². The van der Waals surface area contributed by atoms with Gasteiger partial charge in [0, 0.05) is 17.8 Å². The Bertz CT molecular complexity index is 1220. The summed E-state index contributed by atoms with van der Waals surface area (Å²) in [6.07, 6.45) is 5.17. The highest BCUT2D eigenvalue weighted by molar-refractivity contribution is 7.99. The number of hydrogen-bond acceptors (Lipinski definition) is 8. The molecule has 1 N–H and O–H groups in total. The molecule has 0 fully saturated rings. The zero-order chi connectivity index (χ0) is 24.8. The van der Waals surface area contributed by atoms with Crippen molar-refractivity contribution in [3.05, 3.63) is 64.3 Å². The topological polar surface area (TPSA) is 95.3 Å². The van der Waals surface area contributed by atoms with Gasteiger partial charge in [0.1, 0.15) is 16.6 Å². The number of methoxy groups -OCH3 is 1. The van der Waals surface area contributed by atoms with Crippen molar-refractivity contribution in [1.29, 1.82) is 0 Å². The maximum atomic E-state index is 12.8. The molecule has 0 saturated heterocycles. The number of thiophene rings is 1. The van der Waals surface area contributed by atoms with Gasteiger partial charge in [-0.05, 0) is 49.4 Å². The number of hydrogen-bond donors (Lipinski definition) is 1. The summed E-state index contributed by atoms with van der Waals surface area (Å²) in [7, 11) is 1.64. The fourth-order valence-electron chi connectivity index (χ4n) is 4.00. The van der Waals surface area contributed by atoms with Gasteiger partial charge in [-0.3, -0.25) is 4.79 Å². The van der Waals surface area contributed by atoms with Gasteiger partial charge in [-0.2, -0.15) is 0 Å². The number of carbonyl (C=O) groups is 2. The number of aromatic nitrogens is 3. The fraction of sp³-hybridized carbons (Fsp3) is 0.360. The first-order valence-electron chi connectivity index (χ1n) is 11.4. The molecule has 1 amide bonds. The lowest BCUT2D eigenvalue weighted by Crippen LogP contribution is -2.17. The quantitative estimate of drug-likeness (QED) is 0.229. The van der Waals surface area contributed by atoms with Gasteiger partial charge in [-0.25, -0.2) is 4.79 Å². The van der Waals surface area contributed by atoms with Crippen molar-refractivity contribution in [3.63, 3.8) is 0 Å². The van der Waals surface area contributed by atoms with Crippen molar-refractivity contribution in [2.24, 2.45) is 0 Å². The third kappa shape index (κ3) is 5.76. The summed E-state index contributed by atoms with van der Waals surface area (Å²) in [5.41, 5.74) is 2.61. The maximum absolute atomic E-state index is 12.8. The smallest absolute Gasteiger partial charge is 0.341 e. The van der Waals surface area contributed by atoms with E-state index in [-0.39, 0.29) is 17.6 Å². The minimum Gasteiger partial charge on any atom is -0.497 e. The van der Waals surface area contributed by atoms with Gasteiger partial charge >= 0.3 is 5.97 Å². The van der Waals surface area contributed by atoms with Gasteiger partial charge in [0.05, 0.1) is 25.0 Å². The van der Waals surface area contributed by atoms with E-state index in [1.165, 1.54) is 23.1 Å². The van der Waals surface area contributed by atoms with E-state index in [4.69, 9.17) is 9.47 Å². The van der Waals surface area contributed by atoms with Crippen LogP contribution in [0, 0.1) is 0 Å². The van der Waals surface area contributed by atoms with Crippen LogP contribution in [0.5, 0.6) is 5.75 Å². The Morgan fingerprint density at radius 3 is 2.77 bits per heavy atom. The normalized spacial score (nSPS) is 12.3. The first-order valence-corrected chi connectivity index (χ1v) is 13.2. The van der Waals surface area contributed by atoms with Crippen LogP contribution >= 0.6 is 23.1 Å². The summed E-state index contributed by atoms with van der Waals surface area (Å²) < 4.78 is 12.4. The number of carbonyl (C=O) groups excluding carboxylic acids is 2. The molecule has 1 aliphatic rings. The number of anilines is 1. The Morgan fingerprint density at radius 2 is 2.06 bits per heavy atom. The predicted molar refractivity (Wildman–Crippen MR) is 138 cm³/mol. The van der Waals surface area contributed by atoms with Crippen molar-refractivity contribution < 1.29 is 19.1 Å². The van der Waals surface area contributed by atoms with Gasteiger partial charge in [-0.15, -0.1) is 28.1 Å². The number of nitrogens with zero attached hydrogens (tertiary/aromatic N) is 3. The third-order valence-electron chi connectivity index (χ3n) is 5.61. The molecular formula is C25H28N4O4S2. The minimum atomic E-state index is -0.372. The van der Waals surface area contributed by atoms with Crippen LogP contribution in [0.1, 0.15) is 45.5 Å². The first-order chi connectivity index (χ1) is 17.0. The molecule has 0 spiro atoms. The Morgan fingerprint density at radius 1 is 1.26 bits per heavy atom.